The molecule has 0 amide bonds. The molecule has 0 unspecified atom stereocenters. The van der Waals surface area contributed by atoms with Gasteiger partial charge in [-0.3, -0.25) is 9.48 Å². The van der Waals surface area contributed by atoms with Crippen LogP contribution in [0.25, 0.3) is 10.6 Å². The van der Waals surface area contributed by atoms with Crippen LogP contribution in [0.5, 0.6) is 0 Å². The number of carbonyl (C=O) groups excluding carboxylic acids is 2. The Morgan fingerprint density at radius 1 is 1.07 bits per heavy atom. The Morgan fingerprint density at radius 3 is 2.59 bits per heavy atom. The summed E-state index contributed by atoms with van der Waals surface area (Å²) >= 11 is 1.50. The molecule has 3 aromatic heterocycles. The topological polar surface area (TPSA) is 66.1 Å². The highest BCUT2D eigenvalue weighted by molar-refractivity contribution is 7.13. The van der Waals surface area contributed by atoms with Gasteiger partial charge in [0.15, 0.2) is 6.61 Å². The fraction of sp³-hybridized carbons (Fsp3) is 0.136. The van der Waals surface area contributed by atoms with Gasteiger partial charge in [0.25, 0.3) is 0 Å². The quantitative estimate of drug-likeness (QED) is 0.344. The van der Waals surface area contributed by atoms with E-state index in [0.717, 1.165) is 10.4 Å². The molecule has 0 aliphatic heterocycles. The molecule has 6 nitrogen and oxygen atoms in total. The molecule has 0 radical (unpaired) electrons. The highest BCUT2D eigenvalue weighted by Gasteiger charge is 2.21. The number of hydrogen-bond acceptors (Lipinski definition) is 5. The lowest BCUT2D eigenvalue weighted by Crippen LogP contribution is -2.16. The number of thiophene rings is 1. The van der Waals surface area contributed by atoms with E-state index in [9.17, 15) is 9.59 Å². The van der Waals surface area contributed by atoms with Crippen LogP contribution in [0.4, 0.5) is 0 Å². The Hall–Kier alpha value is -3.45. The van der Waals surface area contributed by atoms with Crippen molar-refractivity contribution < 1.29 is 14.3 Å². The molecule has 146 valence electrons. The fourth-order valence-electron chi connectivity index (χ4n) is 3.05. The molecule has 0 fully saturated rings. The monoisotopic (exact) mass is 405 g/mol. The van der Waals surface area contributed by atoms with E-state index < -0.39 is 5.97 Å². The highest BCUT2D eigenvalue weighted by atomic mass is 32.1. The first-order valence-corrected chi connectivity index (χ1v) is 9.96. The molecule has 0 aliphatic rings. The standard InChI is InChI=1S/C22H19N3O3S/c1-24-11-5-9-18(24)19(26)15-28-22(27)17-14-25(13-16-7-3-2-4-8-16)23-21(17)20-10-6-12-29-20/h2-12,14H,13,15H2,1H3. The molecule has 4 aromatic rings. The van der Waals surface area contributed by atoms with Crippen molar-refractivity contribution >= 4 is 23.1 Å². The van der Waals surface area contributed by atoms with Gasteiger partial charge in [0.1, 0.15) is 11.3 Å². The Morgan fingerprint density at radius 2 is 1.90 bits per heavy atom. The molecular weight excluding hydrogens is 386 g/mol. The van der Waals surface area contributed by atoms with Crippen molar-refractivity contribution in [2.45, 2.75) is 6.54 Å². The molecule has 3 heterocycles. The number of ether oxygens (including phenoxy) is 1. The predicted octanol–water partition coefficient (Wildman–Crippen LogP) is 4.04. The number of nitrogens with zero attached hydrogens (tertiary/aromatic N) is 3. The maximum atomic E-state index is 12.8. The predicted molar refractivity (Wildman–Crippen MR) is 111 cm³/mol. The summed E-state index contributed by atoms with van der Waals surface area (Å²) in [6.45, 7) is 0.221. The van der Waals surface area contributed by atoms with Crippen molar-refractivity contribution in [2.24, 2.45) is 7.05 Å². The van der Waals surface area contributed by atoms with Crippen molar-refractivity contribution in [3.63, 3.8) is 0 Å². The van der Waals surface area contributed by atoms with Gasteiger partial charge in [-0.15, -0.1) is 11.3 Å². The van der Waals surface area contributed by atoms with Crippen LogP contribution in [0, 0.1) is 0 Å². The van der Waals surface area contributed by atoms with Gasteiger partial charge in [0.2, 0.25) is 5.78 Å². The van der Waals surface area contributed by atoms with Crippen LogP contribution in [0.1, 0.15) is 26.4 Å². The minimum absolute atomic E-state index is 0.250. The molecule has 0 bridgehead atoms. The largest absolute Gasteiger partial charge is 0.454 e. The van der Waals surface area contributed by atoms with Crippen molar-refractivity contribution in [3.05, 3.63) is 89.2 Å². The second-order valence-electron chi connectivity index (χ2n) is 6.56. The number of benzene rings is 1. The van der Waals surface area contributed by atoms with E-state index in [1.54, 1.807) is 40.8 Å². The van der Waals surface area contributed by atoms with Gasteiger partial charge >= 0.3 is 5.97 Å². The zero-order chi connectivity index (χ0) is 20.2. The number of aryl methyl sites for hydroxylation is 1. The Labute approximate surface area is 172 Å². The first kappa shape index (κ1) is 18.9. The average molecular weight is 405 g/mol. The molecule has 29 heavy (non-hydrogen) atoms. The number of carbonyl (C=O) groups is 2. The minimum Gasteiger partial charge on any atom is -0.454 e. The first-order valence-electron chi connectivity index (χ1n) is 9.09. The first-order chi connectivity index (χ1) is 14.1. The van der Waals surface area contributed by atoms with E-state index in [4.69, 9.17) is 4.74 Å². The number of aromatic nitrogens is 3. The van der Waals surface area contributed by atoms with E-state index in [1.165, 1.54) is 11.3 Å². The van der Waals surface area contributed by atoms with Crippen molar-refractivity contribution in [1.29, 1.82) is 0 Å². The van der Waals surface area contributed by atoms with E-state index >= 15 is 0 Å². The van der Waals surface area contributed by atoms with E-state index in [2.05, 4.69) is 5.10 Å². The van der Waals surface area contributed by atoms with Crippen LogP contribution in [-0.2, 0) is 18.3 Å². The molecule has 0 spiro atoms. The van der Waals surface area contributed by atoms with Gasteiger partial charge < -0.3 is 9.30 Å². The summed E-state index contributed by atoms with van der Waals surface area (Å²) in [5, 5.41) is 6.53. The van der Waals surface area contributed by atoms with Gasteiger partial charge in [-0.25, -0.2) is 4.79 Å². The van der Waals surface area contributed by atoms with Crippen LogP contribution in [0.15, 0.2) is 72.4 Å². The summed E-state index contributed by atoms with van der Waals surface area (Å²) in [6.07, 6.45) is 3.45. The Balaban J connectivity index is 1.55. The minimum atomic E-state index is -0.560. The van der Waals surface area contributed by atoms with E-state index in [0.29, 0.717) is 23.5 Å². The second-order valence-corrected chi connectivity index (χ2v) is 7.50. The zero-order valence-electron chi connectivity index (χ0n) is 15.8. The summed E-state index contributed by atoms with van der Waals surface area (Å²) in [7, 11) is 1.78. The summed E-state index contributed by atoms with van der Waals surface area (Å²) in [5.41, 5.74) is 2.48. The van der Waals surface area contributed by atoms with Gasteiger partial charge in [0.05, 0.1) is 17.1 Å². The molecule has 0 saturated heterocycles. The van der Waals surface area contributed by atoms with Crippen LogP contribution in [-0.4, -0.2) is 32.7 Å². The number of Topliss-reactive ketones (excluding diaryl/α,β-unsaturated/α-hetero) is 1. The van der Waals surface area contributed by atoms with Crippen molar-refractivity contribution in [2.75, 3.05) is 6.61 Å². The maximum Gasteiger partial charge on any atom is 0.342 e. The molecule has 0 N–H and O–H groups in total. The van der Waals surface area contributed by atoms with Crippen molar-refractivity contribution in [3.8, 4) is 10.6 Å². The SMILES string of the molecule is Cn1cccc1C(=O)COC(=O)c1cn(Cc2ccccc2)nc1-c1cccs1. The van der Waals surface area contributed by atoms with Gasteiger partial charge in [-0.2, -0.15) is 5.10 Å². The lowest BCUT2D eigenvalue weighted by Gasteiger charge is -2.05. The number of hydrogen-bond donors (Lipinski definition) is 0. The third-order valence-corrected chi connectivity index (χ3v) is 5.36. The van der Waals surface area contributed by atoms with Crippen LogP contribution >= 0.6 is 11.3 Å². The average Bonchev–Trinajstić information content (AvgIpc) is 3.47. The smallest absolute Gasteiger partial charge is 0.342 e. The van der Waals surface area contributed by atoms with Crippen LogP contribution < -0.4 is 0 Å². The van der Waals surface area contributed by atoms with Gasteiger partial charge in [-0.1, -0.05) is 36.4 Å². The molecule has 0 atom stereocenters. The van der Waals surface area contributed by atoms with E-state index in [-0.39, 0.29) is 12.4 Å². The van der Waals surface area contributed by atoms with Gasteiger partial charge in [-0.05, 0) is 29.1 Å². The molecule has 0 saturated carbocycles. The molecule has 7 heteroatoms. The number of esters is 1. The molecular formula is C22H19N3O3S. The van der Waals surface area contributed by atoms with Crippen LogP contribution in [0.2, 0.25) is 0 Å². The third kappa shape index (κ3) is 4.20. The lowest BCUT2D eigenvalue weighted by atomic mass is 10.2. The van der Waals surface area contributed by atoms with E-state index in [1.807, 2.05) is 47.8 Å². The molecule has 4 rings (SSSR count). The maximum absolute atomic E-state index is 12.8. The second kappa shape index (κ2) is 8.28. The third-order valence-electron chi connectivity index (χ3n) is 4.49. The number of ketones is 1. The fourth-order valence-corrected chi connectivity index (χ4v) is 3.77. The summed E-state index contributed by atoms with van der Waals surface area (Å²) in [5.74, 6) is -0.810. The molecule has 1 aromatic carbocycles. The zero-order valence-corrected chi connectivity index (χ0v) is 16.6. The highest BCUT2D eigenvalue weighted by Crippen LogP contribution is 2.27. The summed E-state index contributed by atoms with van der Waals surface area (Å²) in [6, 6.07) is 17.2. The van der Waals surface area contributed by atoms with Gasteiger partial charge in [0, 0.05) is 19.4 Å². The molecule has 0 aliphatic carbocycles. The Kier molecular flexibility index (Phi) is 5.39. The summed E-state index contributed by atoms with van der Waals surface area (Å²) in [4.78, 5) is 25.9. The lowest BCUT2D eigenvalue weighted by molar-refractivity contribution is 0.0473. The normalized spacial score (nSPS) is 10.8. The summed E-state index contributed by atoms with van der Waals surface area (Å²) < 4.78 is 8.74. The Bertz CT molecular complexity index is 1130. The van der Waals surface area contributed by atoms with Crippen LogP contribution in [0.3, 0.4) is 0 Å². The van der Waals surface area contributed by atoms with Crippen molar-refractivity contribution in [1.82, 2.24) is 14.3 Å². The number of rotatable bonds is 7.